The summed E-state index contributed by atoms with van der Waals surface area (Å²) in [6.45, 7) is 0.571. The maximum atomic E-state index is 12.5. The van der Waals surface area contributed by atoms with Crippen LogP contribution in [0, 0.1) is 0 Å². The number of hydrogen-bond donors (Lipinski definition) is 1. The minimum absolute atomic E-state index is 0.158. The van der Waals surface area contributed by atoms with Crippen molar-refractivity contribution in [3.05, 3.63) is 78.4 Å². The van der Waals surface area contributed by atoms with Gasteiger partial charge in [0.05, 0.1) is 26.3 Å². The quantitative estimate of drug-likeness (QED) is 0.345. The summed E-state index contributed by atoms with van der Waals surface area (Å²) < 4.78 is 18.2. The molecule has 0 atom stereocenters. The zero-order chi connectivity index (χ0) is 24.2. The molecule has 0 fully saturated rings. The van der Waals surface area contributed by atoms with Crippen molar-refractivity contribution in [1.82, 2.24) is 25.1 Å². The van der Waals surface area contributed by atoms with Gasteiger partial charge < -0.3 is 19.5 Å². The molecule has 5 rings (SSSR count). The third-order valence-corrected chi connectivity index (χ3v) is 5.54. The number of aromatic nitrogens is 4. The Kier molecular flexibility index (Phi) is 6.13. The number of carbonyl (C=O) groups is 1. The minimum Gasteiger partial charge on any atom is -0.497 e. The van der Waals surface area contributed by atoms with E-state index < -0.39 is 0 Å². The first-order chi connectivity index (χ1) is 17.2. The first kappa shape index (κ1) is 22.1. The Morgan fingerprint density at radius 3 is 2.60 bits per heavy atom. The molecule has 0 bridgehead atoms. The molecule has 0 aliphatic carbocycles. The summed E-state index contributed by atoms with van der Waals surface area (Å²) >= 11 is 0. The predicted molar refractivity (Wildman–Crippen MR) is 131 cm³/mol. The number of nitrogens with zero attached hydrogens (tertiary/aromatic N) is 4. The Labute approximate surface area is 201 Å². The molecule has 5 aromatic rings. The van der Waals surface area contributed by atoms with Crippen molar-refractivity contribution in [2.75, 3.05) is 27.4 Å². The number of ether oxygens (including phenoxy) is 3. The van der Waals surface area contributed by atoms with E-state index in [0.29, 0.717) is 46.5 Å². The second-order valence-corrected chi connectivity index (χ2v) is 7.70. The molecule has 2 aromatic heterocycles. The van der Waals surface area contributed by atoms with Crippen molar-refractivity contribution in [2.45, 2.75) is 0 Å². The van der Waals surface area contributed by atoms with Gasteiger partial charge in [0.1, 0.15) is 18.1 Å². The average Bonchev–Trinajstić information content (AvgIpc) is 3.33. The summed E-state index contributed by atoms with van der Waals surface area (Å²) in [6, 6.07) is 22.4. The number of fused-ring (bicyclic) bond motifs is 2. The second-order valence-electron chi connectivity index (χ2n) is 7.70. The van der Waals surface area contributed by atoms with E-state index in [1.54, 1.807) is 43.0 Å². The van der Waals surface area contributed by atoms with Crippen molar-refractivity contribution >= 4 is 22.3 Å². The first-order valence-corrected chi connectivity index (χ1v) is 11.0. The Bertz CT molecular complexity index is 1510. The van der Waals surface area contributed by atoms with E-state index in [1.165, 1.54) is 0 Å². The standard InChI is InChI=1S/C26H23N5O4/c1-33-20-9-10-22(34-2)21(16-20)25-29-28-23-11-12-24(30-31(23)25)35-14-13-27-26(32)19-8-7-17-5-3-4-6-18(17)15-19/h3-12,15-16H,13-14H2,1-2H3,(H,27,32). The summed E-state index contributed by atoms with van der Waals surface area (Å²) in [5.74, 6) is 1.98. The van der Waals surface area contributed by atoms with Gasteiger partial charge in [-0.1, -0.05) is 30.3 Å². The number of amides is 1. The highest BCUT2D eigenvalue weighted by molar-refractivity contribution is 5.98. The molecule has 176 valence electrons. The molecule has 3 aromatic carbocycles. The van der Waals surface area contributed by atoms with Crippen LogP contribution in [0.25, 0.3) is 27.8 Å². The molecule has 0 spiro atoms. The van der Waals surface area contributed by atoms with Gasteiger partial charge in [0.15, 0.2) is 11.5 Å². The van der Waals surface area contributed by atoms with Crippen LogP contribution in [-0.4, -0.2) is 53.1 Å². The Morgan fingerprint density at radius 1 is 0.914 bits per heavy atom. The molecule has 0 saturated carbocycles. The highest BCUT2D eigenvalue weighted by atomic mass is 16.5. The van der Waals surface area contributed by atoms with Gasteiger partial charge in [-0.15, -0.1) is 15.3 Å². The van der Waals surface area contributed by atoms with Crippen LogP contribution < -0.4 is 19.5 Å². The maximum Gasteiger partial charge on any atom is 0.251 e. The lowest BCUT2D eigenvalue weighted by Crippen LogP contribution is -2.28. The fourth-order valence-corrected chi connectivity index (χ4v) is 3.76. The van der Waals surface area contributed by atoms with E-state index in [-0.39, 0.29) is 12.5 Å². The molecular weight excluding hydrogens is 446 g/mol. The lowest BCUT2D eigenvalue weighted by molar-refractivity contribution is 0.0946. The highest BCUT2D eigenvalue weighted by Gasteiger charge is 2.16. The molecular formula is C26H23N5O4. The van der Waals surface area contributed by atoms with Crippen molar-refractivity contribution in [2.24, 2.45) is 0 Å². The molecule has 0 saturated heterocycles. The first-order valence-electron chi connectivity index (χ1n) is 11.0. The molecule has 9 nitrogen and oxygen atoms in total. The van der Waals surface area contributed by atoms with Gasteiger partial charge in [-0.2, -0.15) is 4.52 Å². The third kappa shape index (κ3) is 4.56. The van der Waals surface area contributed by atoms with Gasteiger partial charge in [-0.25, -0.2) is 0 Å². The molecule has 35 heavy (non-hydrogen) atoms. The van der Waals surface area contributed by atoms with E-state index in [4.69, 9.17) is 14.2 Å². The summed E-state index contributed by atoms with van der Waals surface area (Å²) in [6.07, 6.45) is 0. The zero-order valence-electron chi connectivity index (χ0n) is 19.3. The normalized spacial score (nSPS) is 10.9. The van der Waals surface area contributed by atoms with Crippen LogP contribution in [0.2, 0.25) is 0 Å². The summed E-state index contributed by atoms with van der Waals surface area (Å²) in [5.41, 5.74) is 1.85. The SMILES string of the molecule is COc1ccc(OC)c(-c2nnc3ccc(OCCNC(=O)c4ccc5ccccc5c4)nn23)c1. The molecule has 0 aliphatic heterocycles. The number of rotatable bonds is 8. The second kappa shape index (κ2) is 9.68. The topological polar surface area (TPSA) is 99.9 Å². The van der Waals surface area contributed by atoms with E-state index in [1.807, 2.05) is 48.5 Å². The molecule has 0 unspecified atom stereocenters. The van der Waals surface area contributed by atoms with Gasteiger partial charge in [0.25, 0.3) is 5.91 Å². The number of nitrogens with one attached hydrogen (secondary N) is 1. The monoisotopic (exact) mass is 469 g/mol. The van der Waals surface area contributed by atoms with Crippen molar-refractivity contribution in [3.63, 3.8) is 0 Å². The van der Waals surface area contributed by atoms with E-state index in [2.05, 4.69) is 20.6 Å². The number of carbonyl (C=O) groups excluding carboxylic acids is 1. The van der Waals surface area contributed by atoms with Crippen LogP contribution in [-0.2, 0) is 0 Å². The van der Waals surface area contributed by atoms with Crippen molar-refractivity contribution < 1.29 is 19.0 Å². The molecule has 0 radical (unpaired) electrons. The van der Waals surface area contributed by atoms with Crippen molar-refractivity contribution in [1.29, 1.82) is 0 Å². The van der Waals surface area contributed by atoms with Gasteiger partial charge in [-0.3, -0.25) is 4.79 Å². The lowest BCUT2D eigenvalue weighted by atomic mass is 10.1. The molecule has 2 heterocycles. The Hall–Kier alpha value is -4.66. The van der Waals surface area contributed by atoms with E-state index >= 15 is 0 Å². The Balaban J connectivity index is 1.27. The van der Waals surface area contributed by atoms with Gasteiger partial charge in [0.2, 0.25) is 5.88 Å². The third-order valence-electron chi connectivity index (χ3n) is 5.54. The molecule has 1 amide bonds. The molecule has 1 N–H and O–H groups in total. The zero-order valence-corrected chi connectivity index (χ0v) is 19.3. The largest absolute Gasteiger partial charge is 0.497 e. The Morgan fingerprint density at radius 2 is 1.77 bits per heavy atom. The number of hydrogen-bond acceptors (Lipinski definition) is 7. The fourth-order valence-electron chi connectivity index (χ4n) is 3.76. The van der Waals surface area contributed by atoms with Gasteiger partial charge in [-0.05, 0) is 47.2 Å². The number of benzene rings is 3. The smallest absolute Gasteiger partial charge is 0.251 e. The van der Waals surface area contributed by atoms with Crippen LogP contribution in [0.1, 0.15) is 10.4 Å². The van der Waals surface area contributed by atoms with Crippen LogP contribution in [0.5, 0.6) is 17.4 Å². The van der Waals surface area contributed by atoms with Crippen LogP contribution >= 0.6 is 0 Å². The van der Waals surface area contributed by atoms with Crippen molar-refractivity contribution in [3.8, 4) is 28.8 Å². The average molecular weight is 470 g/mol. The lowest BCUT2D eigenvalue weighted by Gasteiger charge is -2.10. The summed E-state index contributed by atoms with van der Waals surface area (Å²) in [7, 11) is 3.18. The molecule has 0 aliphatic rings. The number of methoxy groups -OCH3 is 2. The van der Waals surface area contributed by atoms with Crippen LogP contribution in [0.3, 0.4) is 0 Å². The van der Waals surface area contributed by atoms with E-state index in [9.17, 15) is 4.79 Å². The van der Waals surface area contributed by atoms with Gasteiger partial charge >= 0.3 is 0 Å². The summed E-state index contributed by atoms with van der Waals surface area (Å²) in [4.78, 5) is 12.5. The van der Waals surface area contributed by atoms with Crippen LogP contribution in [0.15, 0.2) is 72.8 Å². The minimum atomic E-state index is -0.158. The maximum absolute atomic E-state index is 12.5. The molecule has 9 heteroatoms. The fraction of sp³-hybridized carbons (Fsp3) is 0.154. The predicted octanol–water partition coefficient (Wildman–Crippen LogP) is 3.77. The van der Waals surface area contributed by atoms with Gasteiger partial charge in [0, 0.05) is 11.6 Å². The van der Waals surface area contributed by atoms with E-state index in [0.717, 1.165) is 10.8 Å². The summed E-state index contributed by atoms with van der Waals surface area (Å²) in [5, 5.41) is 18.0. The highest BCUT2D eigenvalue weighted by Crippen LogP contribution is 2.32. The van der Waals surface area contributed by atoms with Crippen LogP contribution in [0.4, 0.5) is 0 Å².